The van der Waals surface area contributed by atoms with Gasteiger partial charge in [0.15, 0.2) is 11.0 Å². The van der Waals surface area contributed by atoms with Gasteiger partial charge >= 0.3 is 5.97 Å². The highest BCUT2D eigenvalue weighted by Crippen LogP contribution is 2.35. The number of hydrogen-bond donors (Lipinski definition) is 1. The molecule has 3 rings (SSSR count). The predicted octanol–water partition coefficient (Wildman–Crippen LogP) is 5.67. The first-order valence-corrected chi connectivity index (χ1v) is 11.6. The largest absolute Gasteiger partial charge is 0.487 e. The lowest BCUT2D eigenvalue weighted by Crippen LogP contribution is -2.30. The molecule has 0 bridgehead atoms. The summed E-state index contributed by atoms with van der Waals surface area (Å²) in [5.41, 5.74) is 3.94. The first-order valence-electron chi connectivity index (χ1n) is 10.5. The van der Waals surface area contributed by atoms with Crippen molar-refractivity contribution in [2.75, 3.05) is 10.8 Å². The third-order valence-electron chi connectivity index (χ3n) is 5.06. The zero-order chi connectivity index (χ0) is 23.4. The van der Waals surface area contributed by atoms with Gasteiger partial charge in [-0.2, -0.15) is 0 Å². The standard InChI is InChI=1S/C25H29NO5S/c1-16(2)14-26(32(29)24-11-6-19(5)31-24)22-12-17(3)18(4)13-23(22)30-15-20-7-9-21(10-8-20)25(27)28/h6-13,16H,14-15H2,1-5H3,(H,27,28). The van der Waals surface area contributed by atoms with Crippen LogP contribution in [0, 0.1) is 26.7 Å². The summed E-state index contributed by atoms with van der Waals surface area (Å²) in [6, 6.07) is 14.1. The van der Waals surface area contributed by atoms with E-state index in [0.717, 1.165) is 22.4 Å². The Labute approximate surface area is 191 Å². The number of rotatable bonds is 9. The van der Waals surface area contributed by atoms with Gasteiger partial charge in [-0.25, -0.2) is 9.00 Å². The molecule has 2 aromatic carbocycles. The van der Waals surface area contributed by atoms with Crippen molar-refractivity contribution in [1.82, 2.24) is 0 Å². The number of aryl methyl sites for hydroxylation is 3. The Hall–Kier alpha value is -3.06. The lowest BCUT2D eigenvalue weighted by Gasteiger charge is -2.27. The van der Waals surface area contributed by atoms with E-state index in [2.05, 4.69) is 13.8 Å². The topological polar surface area (TPSA) is 80.0 Å². The van der Waals surface area contributed by atoms with E-state index in [1.807, 2.05) is 37.2 Å². The molecule has 0 radical (unpaired) electrons. The zero-order valence-corrected chi connectivity index (χ0v) is 19.9. The molecular weight excluding hydrogens is 426 g/mol. The van der Waals surface area contributed by atoms with Crippen LogP contribution in [-0.2, 0) is 17.6 Å². The molecule has 0 aliphatic rings. The average molecular weight is 456 g/mol. The Morgan fingerprint density at radius 1 is 1.06 bits per heavy atom. The minimum atomic E-state index is -1.53. The number of carboxylic acids is 1. The third-order valence-corrected chi connectivity index (χ3v) is 6.37. The Morgan fingerprint density at radius 2 is 1.72 bits per heavy atom. The second-order valence-electron chi connectivity index (χ2n) is 8.26. The number of aromatic carboxylic acids is 1. The average Bonchev–Trinajstić information content (AvgIpc) is 3.18. The van der Waals surface area contributed by atoms with Crippen molar-refractivity contribution in [2.24, 2.45) is 5.92 Å². The fraction of sp³-hybridized carbons (Fsp3) is 0.320. The molecule has 0 fully saturated rings. The van der Waals surface area contributed by atoms with Gasteiger partial charge in [0.1, 0.15) is 18.1 Å². The number of carboxylic acid groups (broad SMARTS) is 1. The van der Waals surface area contributed by atoms with Crippen LogP contribution in [0.25, 0.3) is 0 Å². The van der Waals surface area contributed by atoms with Crippen LogP contribution in [-0.4, -0.2) is 21.8 Å². The number of carbonyl (C=O) groups is 1. The molecule has 0 aliphatic carbocycles. The van der Waals surface area contributed by atoms with Gasteiger partial charge in [0, 0.05) is 6.54 Å². The third kappa shape index (κ3) is 5.59. The van der Waals surface area contributed by atoms with E-state index in [0.29, 0.717) is 23.1 Å². The molecule has 32 heavy (non-hydrogen) atoms. The van der Waals surface area contributed by atoms with Crippen LogP contribution in [0.4, 0.5) is 5.69 Å². The van der Waals surface area contributed by atoms with Gasteiger partial charge < -0.3 is 14.3 Å². The van der Waals surface area contributed by atoms with Gasteiger partial charge in [-0.05, 0) is 79.8 Å². The summed E-state index contributed by atoms with van der Waals surface area (Å²) in [5.74, 6) is 0.619. The lowest BCUT2D eigenvalue weighted by molar-refractivity contribution is 0.0697. The summed E-state index contributed by atoms with van der Waals surface area (Å²) in [4.78, 5) is 11.1. The molecule has 3 aromatic rings. The number of ether oxygens (including phenoxy) is 1. The summed E-state index contributed by atoms with van der Waals surface area (Å²) in [7, 11) is -1.53. The summed E-state index contributed by atoms with van der Waals surface area (Å²) < 4.78 is 27.1. The van der Waals surface area contributed by atoms with Crippen molar-refractivity contribution >= 4 is 22.6 Å². The molecule has 0 saturated heterocycles. The quantitative estimate of drug-likeness (QED) is 0.450. The van der Waals surface area contributed by atoms with Crippen molar-refractivity contribution in [2.45, 2.75) is 46.3 Å². The van der Waals surface area contributed by atoms with Crippen LogP contribution in [0.5, 0.6) is 5.75 Å². The smallest absolute Gasteiger partial charge is 0.335 e. The Morgan fingerprint density at radius 3 is 2.28 bits per heavy atom. The second kappa shape index (κ2) is 10.0. The van der Waals surface area contributed by atoms with Crippen molar-refractivity contribution in [3.8, 4) is 5.75 Å². The summed E-state index contributed by atoms with van der Waals surface area (Å²) >= 11 is 0. The lowest BCUT2D eigenvalue weighted by atomic mass is 10.1. The van der Waals surface area contributed by atoms with Crippen LogP contribution < -0.4 is 9.04 Å². The minimum Gasteiger partial charge on any atom is -0.487 e. The molecule has 1 N–H and O–H groups in total. The number of hydrogen-bond acceptors (Lipinski definition) is 4. The second-order valence-corrected chi connectivity index (χ2v) is 9.61. The summed E-state index contributed by atoms with van der Waals surface area (Å²) in [5, 5.41) is 9.48. The molecule has 170 valence electrons. The first-order chi connectivity index (χ1) is 15.2. The van der Waals surface area contributed by atoms with Crippen molar-refractivity contribution in [3.05, 3.63) is 76.5 Å². The number of benzene rings is 2. The first kappa shape index (κ1) is 23.6. The highest BCUT2D eigenvalue weighted by atomic mass is 32.2. The van der Waals surface area contributed by atoms with Gasteiger partial charge in [0.25, 0.3) is 0 Å². The monoisotopic (exact) mass is 455 g/mol. The highest BCUT2D eigenvalue weighted by Gasteiger charge is 2.24. The highest BCUT2D eigenvalue weighted by molar-refractivity contribution is 7.86. The normalized spacial score (nSPS) is 12.1. The summed E-state index contributed by atoms with van der Waals surface area (Å²) in [6.45, 7) is 10.8. The maximum Gasteiger partial charge on any atom is 0.335 e. The van der Waals surface area contributed by atoms with Crippen LogP contribution >= 0.6 is 0 Å². The van der Waals surface area contributed by atoms with Gasteiger partial charge in [-0.1, -0.05) is 26.0 Å². The van der Waals surface area contributed by atoms with E-state index in [-0.39, 0.29) is 18.1 Å². The minimum absolute atomic E-state index is 0.230. The molecule has 1 aromatic heterocycles. The van der Waals surface area contributed by atoms with Crippen molar-refractivity contribution < 1.29 is 23.3 Å². The SMILES string of the molecule is Cc1ccc(S(=O)N(CC(C)C)c2cc(C)c(C)cc2OCc2ccc(C(=O)O)cc2)o1. The van der Waals surface area contributed by atoms with Gasteiger partial charge in [0.2, 0.25) is 5.09 Å². The summed E-state index contributed by atoms with van der Waals surface area (Å²) in [6.07, 6.45) is 0. The number of furan rings is 1. The van der Waals surface area contributed by atoms with Gasteiger partial charge in [-0.3, -0.25) is 4.31 Å². The van der Waals surface area contributed by atoms with E-state index in [4.69, 9.17) is 14.3 Å². The van der Waals surface area contributed by atoms with E-state index >= 15 is 0 Å². The van der Waals surface area contributed by atoms with Crippen LogP contribution in [0.2, 0.25) is 0 Å². The zero-order valence-electron chi connectivity index (χ0n) is 19.0. The predicted molar refractivity (Wildman–Crippen MR) is 126 cm³/mol. The van der Waals surface area contributed by atoms with Gasteiger partial charge in [0.05, 0.1) is 11.3 Å². The van der Waals surface area contributed by atoms with Crippen LogP contribution in [0.1, 0.15) is 46.7 Å². The molecule has 1 unspecified atom stereocenters. The molecule has 0 aliphatic heterocycles. The molecule has 6 nitrogen and oxygen atoms in total. The Kier molecular flexibility index (Phi) is 7.40. The Balaban J connectivity index is 1.94. The van der Waals surface area contributed by atoms with Crippen LogP contribution in [0.3, 0.4) is 0 Å². The van der Waals surface area contributed by atoms with E-state index in [1.54, 1.807) is 36.4 Å². The molecular formula is C25H29NO5S. The maximum absolute atomic E-state index is 13.5. The molecule has 0 amide bonds. The van der Waals surface area contributed by atoms with Crippen molar-refractivity contribution in [1.29, 1.82) is 0 Å². The van der Waals surface area contributed by atoms with Crippen LogP contribution in [0.15, 0.2) is 58.0 Å². The maximum atomic E-state index is 13.5. The molecule has 0 spiro atoms. The number of nitrogens with zero attached hydrogens (tertiary/aromatic N) is 1. The van der Waals surface area contributed by atoms with Gasteiger partial charge in [-0.15, -0.1) is 0 Å². The molecule has 1 atom stereocenters. The Bertz CT molecular complexity index is 1120. The molecule has 7 heteroatoms. The fourth-order valence-electron chi connectivity index (χ4n) is 3.19. The van der Waals surface area contributed by atoms with E-state index < -0.39 is 17.0 Å². The number of anilines is 1. The van der Waals surface area contributed by atoms with Crippen molar-refractivity contribution in [3.63, 3.8) is 0 Å². The van der Waals surface area contributed by atoms with E-state index in [9.17, 15) is 9.00 Å². The molecule has 0 saturated carbocycles. The fourth-order valence-corrected chi connectivity index (χ4v) is 4.55. The molecule has 1 heterocycles. The van der Waals surface area contributed by atoms with E-state index in [1.165, 1.54) is 0 Å².